The summed E-state index contributed by atoms with van der Waals surface area (Å²) >= 11 is 0. The maximum Gasteiger partial charge on any atom is 0.334 e. The highest BCUT2D eigenvalue weighted by Gasteiger charge is 2.21. The first-order valence-electron chi connectivity index (χ1n) is 14.5. The summed E-state index contributed by atoms with van der Waals surface area (Å²) in [4.78, 5) is 38.0. The highest BCUT2D eigenvalue weighted by molar-refractivity contribution is 5.99. The summed E-state index contributed by atoms with van der Waals surface area (Å²) in [6.07, 6.45) is 13.1. The van der Waals surface area contributed by atoms with E-state index in [1.54, 1.807) is 0 Å². The zero-order chi connectivity index (χ0) is 27.2. The molecule has 0 fully saturated rings. The van der Waals surface area contributed by atoms with Crippen molar-refractivity contribution in [2.24, 2.45) is 17.8 Å². The fourth-order valence-electron chi connectivity index (χ4n) is 3.96. The average Bonchev–Trinajstić information content (AvgIpc) is 2.88. The molecule has 0 saturated heterocycles. The fraction of sp³-hybridized carbons (Fsp3) is 0.833. The van der Waals surface area contributed by atoms with Crippen molar-refractivity contribution < 1.29 is 28.6 Å². The molecule has 3 atom stereocenters. The Bertz CT molecular complexity index is 627. The number of hydrogen-bond acceptors (Lipinski definition) is 6. The molecule has 6 heteroatoms. The van der Waals surface area contributed by atoms with Crippen molar-refractivity contribution in [3.8, 4) is 0 Å². The Labute approximate surface area is 220 Å². The second-order valence-corrected chi connectivity index (χ2v) is 10.0. The Balaban J connectivity index is 5.23. The third-order valence-corrected chi connectivity index (χ3v) is 6.91. The van der Waals surface area contributed by atoms with E-state index >= 15 is 0 Å². The van der Waals surface area contributed by atoms with E-state index < -0.39 is 17.9 Å². The molecule has 0 radical (unpaired) electrons. The smallest absolute Gasteiger partial charge is 0.334 e. The van der Waals surface area contributed by atoms with Crippen LogP contribution in [0, 0.1) is 17.8 Å². The molecule has 6 nitrogen and oxygen atoms in total. The van der Waals surface area contributed by atoms with Crippen LogP contribution in [0.2, 0.25) is 0 Å². The molecule has 3 unspecified atom stereocenters. The molecule has 0 spiro atoms. The second kappa shape index (κ2) is 22.4. The number of carbonyl (C=O) groups is 3. The lowest BCUT2D eigenvalue weighted by molar-refractivity contribution is -0.148. The molecule has 0 bridgehead atoms. The number of esters is 3. The van der Waals surface area contributed by atoms with Crippen LogP contribution in [0.25, 0.3) is 0 Å². The number of ether oxygens (including phenoxy) is 3. The van der Waals surface area contributed by atoms with Crippen molar-refractivity contribution in [2.75, 3.05) is 19.8 Å². The third-order valence-electron chi connectivity index (χ3n) is 6.91. The van der Waals surface area contributed by atoms with Crippen LogP contribution in [0.5, 0.6) is 0 Å². The first-order chi connectivity index (χ1) is 17.3. The molecule has 0 aliphatic heterocycles. The van der Waals surface area contributed by atoms with Crippen molar-refractivity contribution in [3.05, 3.63) is 11.6 Å². The van der Waals surface area contributed by atoms with E-state index in [4.69, 9.17) is 14.2 Å². The first kappa shape index (κ1) is 34.1. The highest BCUT2D eigenvalue weighted by atomic mass is 16.5. The molecule has 210 valence electrons. The molecule has 0 aromatic rings. The van der Waals surface area contributed by atoms with Crippen LogP contribution in [0.4, 0.5) is 0 Å². The van der Waals surface area contributed by atoms with Crippen LogP contribution in [0.3, 0.4) is 0 Å². The van der Waals surface area contributed by atoms with Gasteiger partial charge in [-0.1, -0.05) is 99.3 Å². The van der Waals surface area contributed by atoms with Gasteiger partial charge in [0.2, 0.25) is 0 Å². The Hall–Kier alpha value is -1.85. The molecule has 36 heavy (non-hydrogen) atoms. The van der Waals surface area contributed by atoms with Gasteiger partial charge < -0.3 is 14.2 Å². The predicted molar refractivity (Wildman–Crippen MR) is 145 cm³/mol. The Morgan fingerprint density at radius 1 is 0.611 bits per heavy atom. The molecule has 0 aliphatic rings. The van der Waals surface area contributed by atoms with E-state index in [0.717, 1.165) is 83.1 Å². The molecule has 0 saturated carbocycles. The highest BCUT2D eigenvalue weighted by Crippen LogP contribution is 2.17. The molecular formula is C30H54O6. The molecule has 0 aromatic heterocycles. The van der Waals surface area contributed by atoms with E-state index in [0.29, 0.717) is 25.0 Å². The minimum atomic E-state index is -0.644. The number of unbranched alkanes of at least 4 members (excludes halogenated alkanes) is 3. The Morgan fingerprint density at radius 3 is 1.44 bits per heavy atom. The van der Waals surface area contributed by atoms with Gasteiger partial charge >= 0.3 is 17.9 Å². The van der Waals surface area contributed by atoms with E-state index in [1.807, 2.05) is 0 Å². The van der Waals surface area contributed by atoms with Crippen molar-refractivity contribution in [3.63, 3.8) is 0 Å². The maximum atomic E-state index is 12.9. The van der Waals surface area contributed by atoms with Crippen LogP contribution >= 0.6 is 0 Å². The van der Waals surface area contributed by atoms with Gasteiger partial charge in [-0.3, -0.25) is 4.79 Å². The van der Waals surface area contributed by atoms with Crippen molar-refractivity contribution >= 4 is 17.9 Å². The summed E-state index contributed by atoms with van der Waals surface area (Å²) in [5.41, 5.74) is -0.00134. The van der Waals surface area contributed by atoms with Gasteiger partial charge in [0.15, 0.2) is 0 Å². The van der Waals surface area contributed by atoms with Crippen LogP contribution in [-0.4, -0.2) is 37.7 Å². The zero-order valence-electron chi connectivity index (χ0n) is 24.1. The predicted octanol–water partition coefficient (Wildman–Crippen LogP) is 7.58. The summed E-state index contributed by atoms with van der Waals surface area (Å²) in [6, 6.07) is 0. The lowest BCUT2D eigenvalue weighted by atomic mass is 10.0. The van der Waals surface area contributed by atoms with Crippen LogP contribution in [0.15, 0.2) is 11.6 Å². The summed E-state index contributed by atoms with van der Waals surface area (Å²) in [5.74, 6) is -0.918. The Morgan fingerprint density at radius 2 is 1.03 bits per heavy atom. The van der Waals surface area contributed by atoms with Crippen LogP contribution in [0.1, 0.15) is 125 Å². The van der Waals surface area contributed by atoms with Gasteiger partial charge in [-0.2, -0.15) is 0 Å². The largest absolute Gasteiger partial charge is 0.465 e. The molecule has 0 rings (SSSR count). The fourth-order valence-corrected chi connectivity index (χ4v) is 3.96. The summed E-state index contributed by atoms with van der Waals surface area (Å²) in [5, 5.41) is 0. The molecule has 0 N–H and O–H groups in total. The van der Waals surface area contributed by atoms with Crippen molar-refractivity contribution in [1.29, 1.82) is 0 Å². The standard InChI is InChI=1S/C30H54O6/c1-7-13-16-24(10-4)21-34-28(31)19-27(30(33)36-23-26(12-6)18-15-9-3)20-29(32)35-22-25(11-5)17-14-8-2/h19,24-26H,7-18,20-23H2,1-6H3/b27-19+. The summed E-state index contributed by atoms with van der Waals surface area (Å²) < 4.78 is 16.4. The Kier molecular flexibility index (Phi) is 21.2. The maximum absolute atomic E-state index is 12.9. The van der Waals surface area contributed by atoms with E-state index in [9.17, 15) is 14.4 Å². The van der Waals surface area contributed by atoms with E-state index in [1.165, 1.54) is 0 Å². The van der Waals surface area contributed by atoms with Gasteiger partial charge in [-0.25, -0.2) is 9.59 Å². The quantitative estimate of drug-likeness (QED) is 0.0848. The zero-order valence-corrected chi connectivity index (χ0v) is 24.1. The number of rotatable bonds is 22. The molecule has 0 amide bonds. The minimum absolute atomic E-state index is 0.00134. The van der Waals surface area contributed by atoms with Gasteiger partial charge in [0.05, 0.1) is 31.8 Å². The van der Waals surface area contributed by atoms with Gasteiger partial charge in [0, 0.05) is 6.08 Å². The second-order valence-electron chi connectivity index (χ2n) is 10.0. The summed E-state index contributed by atoms with van der Waals surface area (Å²) in [6.45, 7) is 13.6. The molecule has 0 aliphatic carbocycles. The van der Waals surface area contributed by atoms with Gasteiger partial charge in [-0.05, 0) is 37.0 Å². The molecule has 0 heterocycles. The number of hydrogen-bond donors (Lipinski definition) is 0. The minimum Gasteiger partial charge on any atom is -0.465 e. The van der Waals surface area contributed by atoms with Crippen molar-refractivity contribution in [1.82, 2.24) is 0 Å². The van der Waals surface area contributed by atoms with Gasteiger partial charge in [-0.15, -0.1) is 0 Å². The topological polar surface area (TPSA) is 78.9 Å². The van der Waals surface area contributed by atoms with Crippen molar-refractivity contribution in [2.45, 2.75) is 125 Å². The van der Waals surface area contributed by atoms with E-state index in [2.05, 4.69) is 41.5 Å². The molecule has 0 aromatic carbocycles. The lowest BCUT2D eigenvalue weighted by Gasteiger charge is -2.17. The number of carbonyl (C=O) groups excluding carboxylic acids is 3. The van der Waals surface area contributed by atoms with Crippen LogP contribution < -0.4 is 0 Å². The van der Waals surface area contributed by atoms with Crippen LogP contribution in [-0.2, 0) is 28.6 Å². The van der Waals surface area contributed by atoms with Gasteiger partial charge in [0.1, 0.15) is 0 Å². The normalized spacial score (nSPS) is 14.1. The van der Waals surface area contributed by atoms with E-state index in [-0.39, 0.29) is 24.5 Å². The summed E-state index contributed by atoms with van der Waals surface area (Å²) in [7, 11) is 0. The average molecular weight is 511 g/mol. The third kappa shape index (κ3) is 16.8. The van der Waals surface area contributed by atoms with Gasteiger partial charge in [0.25, 0.3) is 0 Å². The first-order valence-corrected chi connectivity index (χ1v) is 14.5. The SMILES string of the molecule is CCCCC(CC)COC(=O)/C=C(\CC(=O)OCC(CC)CCCC)C(=O)OCC(CC)CCCC. The monoisotopic (exact) mass is 510 g/mol. The molecular weight excluding hydrogens is 456 g/mol. The lowest BCUT2D eigenvalue weighted by Crippen LogP contribution is -2.21.